The highest BCUT2D eigenvalue weighted by Gasteiger charge is 2.19. The topological polar surface area (TPSA) is 115 Å². The standard InChI is InChI=1S/C11H14ClN3O4S/c1-6(20(2)19)5-14-11(16)8-3-7(15(17)18)4-9(12)10(8)13/h3-4,6H,5,13H2,1-2H3,(H,14,16). The van der Waals surface area contributed by atoms with E-state index in [4.69, 9.17) is 17.3 Å². The van der Waals surface area contributed by atoms with Crippen LogP contribution < -0.4 is 11.1 Å². The molecule has 0 bridgehead atoms. The fourth-order valence-electron chi connectivity index (χ4n) is 1.35. The van der Waals surface area contributed by atoms with Crippen LogP contribution in [-0.4, -0.2) is 33.1 Å². The van der Waals surface area contributed by atoms with Gasteiger partial charge < -0.3 is 11.1 Å². The van der Waals surface area contributed by atoms with Crippen molar-refractivity contribution in [2.75, 3.05) is 18.5 Å². The van der Waals surface area contributed by atoms with E-state index in [1.165, 1.54) is 6.26 Å². The lowest BCUT2D eigenvalue weighted by Crippen LogP contribution is -2.33. The lowest BCUT2D eigenvalue weighted by Gasteiger charge is -2.11. The highest BCUT2D eigenvalue weighted by atomic mass is 35.5. The van der Waals surface area contributed by atoms with Gasteiger partial charge in [0.1, 0.15) is 0 Å². The Balaban J connectivity index is 2.98. The van der Waals surface area contributed by atoms with Crippen LogP contribution in [0, 0.1) is 10.1 Å². The zero-order valence-corrected chi connectivity index (χ0v) is 12.5. The third kappa shape index (κ3) is 3.91. The van der Waals surface area contributed by atoms with E-state index in [1.807, 2.05) is 0 Å². The summed E-state index contributed by atoms with van der Waals surface area (Å²) in [6, 6.07) is 2.14. The largest absolute Gasteiger partial charge is 0.397 e. The first kappa shape index (κ1) is 16.4. The molecule has 0 fully saturated rings. The van der Waals surface area contributed by atoms with Crippen LogP contribution >= 0.6 is 11.6 Å². The molecule has 1 aromatic carbocycles. The maximum Gasteiger partial charge on any atom is 0.271 e. The maximum absolute atomic E-state index is 11.9. The van der Waals surface area contributed by atoms with Crippen LogP contribution in [0.25, 0.3) is 0 Å². The van der Waals surface area contributed by atoms with Crippen LogP contribution in [0.3, 0.4) is 0 Å². The van der Waals surface area contributed by atoms with Crippen molar-refractivity contribution < 1.29 is 13.9 Å². The number of carbonyl (C=O) groups excluding carboxylic acids is 1. The predicted octanol–water partition coefficient (Wildman–Crippen LogP) is 1.33. The summed E-state index contributed by atoms with van der Waals surface area (Å²) in [5.74, 6) is -0.592. The van der Waals surface area contributed by atoms with E-state index in [-0.39, 0.29) is 33.8 Å². The highest BCUT2D eigenvalue weighted by molar-refractivity contribution is 7.84. The summed E-state index contributed by atoms with van der Waals surface area (Å²) in [6.45, 7) is 1.88. The summed E-state index contributed by atoms with van der Waals surface area (Å²) in [6.07, 6.45) is 1.52. The van der Waals surface area contributed by atoms with Crippen molar-refractivity contribution in [1.29, 1.82) is 0 Å². The summed E-state index contributed by atoms with van der Waals surface area (Å²) >= 11 is 5.76. The molecule has 2 unspecified atom stereocenters. The molecule has 2 atom stereocenters. The Kier molecular flexibility index (Phi) is 5.46. The Morgan fingerprint density at radius 2 is 2.20 bits per heavy atom. The molecule has 0 saturated heterocycles. The number of nitrogens with zero attached hydrogens (tertiary/aromatic N) is 1. The minimum Gasteiger partial charge on any atom is -0.397 e. The third-order valence-corrected chi connectivity index (χ3v) is 4.30. The van der Waals surface area contributed by atoms with Gasteiger partial charge >= 0.3 is 0 Å². The lowest BCUT2D eigenvalue weighted by atomic mass is 10.1. The minimum atomic E-state index is -1.08. The number of hydrogen-bond acceptors (Lipinski definition) is 5. The van der Waals surface area contributed by atoms with Crippen LogP contribution in [0.15, 0.2) is 12.1 Å². The zero-order chi connectivity index (χ0) is 15.4. The Bertz CT molecular complexity index is 579. The molecular formula is C11H14ClN3O4S. The number of nitrogen functional groups attached to an aromatic ring is 1. The number of amides is 1. The van der Waals surface area contributed by atoms with Gasteiger partial charge in [-0.1, -0.05) is 11.6 Å². The SMILES string of the molecule is CC(CNC(=O)c1cc([N+](=O)[O-])cc(Cl)c1N)S(C)=O. The molecule has 0 aliphatic carbocycles. The van der Waals surface area contributed by atoms with Gasteiger partial charge in [-0.25, -0.2) is 0 Å². The van der Waals surface area contributed by atoms with Crippen molar-refractivity contribution in [1.82, 2.24) is 5.32 Å². The average molecular weight is 320 g/mol. The summed E-state index contributed by atoms with van der Waals surface area (Å²) < 4.78 is 11.2. The summed E-state index contributed by atoms with van der Waals surface area (Å²) in [4.78, 5) is 22.0. The molecule has 110 valence electrons. The molecule has 7 nitrogen and oxygen atoms in total. The molecule has 0 saturated carbocycles. The monoisotopic (exact) mass is 319 g/mol. The predicted molar refractivity (Wildman–Crippen MR) is 78.4 cm³/mol. The van der Waals surface area contributed by atoms with Crippen LogP contribution in [0.4, 0.5) is 11.4 Å². The first-order chi connectivity index (χ1) is 9.23. The minimum absolute atomic E-state index is 0.0277. The molecule has 0 heterocycles. The number of carbonyl (C=O) groups is 1. The molecule has 9 heteroatoms. The van der Waals surface area contributed by atoms with E-state index in [0.29, 0.717) is 0 Å². The zero-order valence-electron chi connectivity index (χ0n) is 10.9. The number of benzene rings is 1. The van der Waals surface area contributed by atoms with Crippen LogP contribution in [-0.2, 0) is 10.8 Å². The van der Waals surface area contributed by atoms with E-state index in [2.05, 4.69) is 5.32 Å². The van der Waals surface area contributed by atoms with E-state index in [9.17, 15) is 19.1 Å². The summed E-state index contributed by atoms with van der Waals surface area (Å²) in [5.41, 5.74) is 5.23. The van der Waals surface area contributed by atoms with E-state index >= 15 is 0 Å². The van der Waals surface area contributed by atoms with Crippen molar-refractivity contribution in [2.24, 2.45) is 0 Å². The van der Waals surface area contributed by atoms with Crippen LogP contribution in [0.1, 0.15) is 17.3 Å². The number of non-ortho nitro benzene ring substituents is 1. The average Bonchev–Trinajstić information content (AvgIpc) is 2.37. The normalized spacial score (nSPS) is 13.6. The van der Waals surface area contributed by atoms with Gasteiger partial charge in [0.25, 0.3) is 11.6 Å². The van der Waals surface area contributed by atoms with Gasteiger partial charge in [-0.15, -0.1) is 0 Å². The summed E-state index contributed by atoms with van der Waals surface area (Å²) in [5, 5.41) is 12.9. The first-order valence-electron chi connectivity index (χ1n) is 5.58. The second-order valence-electron chi connectivity index (χ2n) is 4.17. The van der Waals surface area contributed by atoms with Gasteiger partial charge in [-0.3, -0.25) is 19.1 Å². The van der Waals surface area contributed by atoms with E-state index in [0.717, 1.165) is 12.1 Å². The molecule has 0 aliphatic rings. The van der Waals surface area contributed by atoms with Crippen LogP contribution in [0.5, 0.6) is 0 Å². The maximum atomic E-state index is 11.9. The second-order valence-corrected chi connectivity index (χ2v) is 6.37. The Morgan fingerprint density at radius 1 is 1.60 bits per heavy atom. The Labute approximate surface area is 123 Å². The van der Waals surface area contributed by atoms with E-state index in [1.54, 1.807) is 6.92 Å². The van der Waals surface area contributed by atoms with E-state index < -0.39 is 21.6 Å². The molecule has 20 heavy (non-hydrogen) atoms. The van der Waals surface area contributed by atoms with Crippen molar-refractivity contribution in [3.8, 4) is 0 Å². The molecule has 1 amide bonds. The highest BCUT2D eigenvalue weighted by Crippen LogP contribution is 2.28. The lowest BCUT2D eigenvalue weighted by molar-refractivity contribution is -0.384. The number of nitrogens with one attached hydrogen (secondary N) is 1. The molecule has 1 aromatic rings. The van der Waals surface area contributed by atoms with Gasteiger partial charge in [0, 0.05) is 41.0 Å². The van der Waals surface area contributed by atoms with Gasteiger partial charge in [0.15, 0.2) is 0 Å². The van der Waals surface area contributed by atoms with Crippen molar-refractivity contribution >= 4 is 39.7 Å². The molecule has 0 aliphatic heterocycles. The number of nitrogens with two attached hydrogens (primary N) is 1. The Morgan fingerprint density at radius 3 is 2.70 bits per heavy atom. The smallest absolute Gasteiger partial charge is 0.271 e. The molecule has 1 rings (SSSR count). The molecule has 3 N–H and O–H groups in total. The fraction of sp³-hybridized carbons (Fsp3) is 0.364. The quantitative estimate of drug-likeness (QED) is 0.482. The number of halogens is 1. The van der Waals surface area contributed by atoms with Gasteiger partial charge in [-0.05, 0) is 6.92 Å². The number of rotatable bonds is 5. The molecule has 0 spiro atoms. The van der Waals surface area contributed by atoms with Crippen molar-refractivity contribution in [3.63, 3.8) is 0 Å². The van der Waals surface area contributed by atoms with Gasteiger partial charge in [0.05, 0.1) is 21.2 Å². The number of nitro groups is 1. The van der Waals surface area contributed by atoms with Crippen molar-refractivity contribution in [3.05, 3.63) is 32.8 Å². The Hall–Kier alpha value is -1.67. The molecular weight excluding hydrogens is 306 g/mol. The second kappa shape index (κ2) is 6.67. The first-order valence-corrected chi connectivity index (χ1v) is 7.57. The van der Waals surface area contributed by atoms with Crippen LogP contribution in [0.2, 0.25) is 5.02 Å². The van der Waals surface area contributed by atoms with Gasteiger partial charge in [0.2, 0.25) is 0 Å². The fourth-order valence-corrected chi connectivity index (χ4v) is 1.88. The molecule has 0 aromatic heterocycles. The number of nitro benzene ring substituents is 1. The van der Waals surface area contributed by atoms with Gasteiger partial charge in [-0.2, -0.15) is 0 Å². The number of anilines is 1. The summed E-state index contributed by atoms with van der Waals surface area (Å²) in [7, 11) is -1.08. The third-order valence-electron chi connectivity index (χ3n) is 2.69. The molecule has 0 radical (unpaired) electrons. The van der Waals surface area contributed by atoms with Crippen molar-refractivity contribution in [2.45, 2.75) is 12.2 Å². The number of hydrogen-bond donors (Lipinski definition) is 2.